The van der Waals surface area contributed by atoms with Crippen molar-refractivity contribution in [2.45, 2.75) is 19.9 Å². The second-order valence-corrected chi connectivity index (χ2v) is 7.69. The lowest BCUT2D eigenvalue weighted by Crippen LogP contribution is -2.51. The molecule has 19 heavy (non-hydrogen) atoms. The average Bonchev–Trinajstić information content (AvgIpc) is 2.90. The molecule has 108 valence electrons. The molecule has 7 heteroatoms. The summed E-state index contributed by atoms with van der Waals surface area (Å²) in [7, 11) is -3.40. The first-order chi connectivity index (χ1) is 9.00. The van der Waals surface area contributed by atoms with Crippen molar-refractivity contribution in [3.63, 3.8) is 0 Å². The van der Waals surface area contributed by atoms with Crippen molar-refractivity contribution < 1.29 is 8.42 Å². The first kappa shape index (κ1) is 14.9. The number of nitrogens with zero attached hydrogens (tertiary/aromatic N) is 1. The van der Waals surface area contributed by atoms with E-state index in [1.165, 1.54) is 4.31 Å². The molecule has 1 aromatic heterocycles. The van der Waals surface area contributed by atoms with Crippen LogP contribution >= 0.6 is 11.3 Å². The van der Waals surface area contributed by atoms with E-state index in [-0.39, 0.29) is 12.0 Å². The summed E-state index contributed by atoms with van der Waals surface area (Å²) in [6, 6.07) is 3.78. The monoisotopic (exact) mass is 303 g/mol. The summed E-state index contributed by atoms with van der Waals surface area (Å²) in [4.78, 5) is 1.06. The van der Waals surface area contributed by atoms with Crippen LogP contribution in [0.15, 0.2) is 17.5 Å². The van der Waals surface area contributed by atoms with Gasteiger partial charge in [-0.15, -0.1) is 11.3 Å². The van der Waals surface area contributed by atoms with E-state index >= 15 is 0 Å². The van der Waals surface area contributed by atoms with Gasteiger partial charge in [0.05, 0.1) is 6.04 Å². The molecule has 0 bridgehead atoms. The zero-order valence-corrected chi connectivity index (χ0v) is 12.9. The number of piperazine rings is 1. The Morgan fingerprint density at radius 2 is 2.05 bits per heavy atom. The lowest BCUT2D eigenvalue weighted by Gasteiger charge is -2.30. The van der Waals surface area contributed by atoms with E-state index in [4.69, 9.17) is 0 Å². The number of rotatable bonds is 5. The molecule has 1 aliphatic rings. The van der Waals surface area contributed by atoms with Gasteiger partial charge in [-0.05, 0) is 17.4 Å². The van der Waals surface area contributed by atoms with Crippen LogP contribution in [0.3, 0.4) is 0 Å². The van der Waals surface area contributed by atoms with E-state index in [2.05, 4.69) is 10.0 Å². The minimum absolute atomic E-state index is 0.153. The Kier molecular flexibility index (Phi) is 4.97. The Bertz CT molecular complexity index is 479. The molecule has 1 aromatic rings. The highest BCUT2D eigenvalue weighted by Gasteiger charge is 2.29. The van der Waals surface area contributed by atoms with Crippen LogP contribution < -0.4 is 10.0 Å². The van der Waals surface area contributed by atoms with E-state index in [0.717, 1.165) is 4.88 Å². The third-order valence-electron chi connectivity index (χ3n) is 3.21. The van der Waals surface area contributed by atoms with E-state index in [1.54, 1.807) is 11.3 Å². The number of hydrogen-bond donors (Lipinski definition) is 2. The first-order valence-electron chi connectivity index (χ1n) is 6.52. The molecule has 0 aliphatic carbocycles. The third kappa shape index (κ3) is 3.76. The topological polar surface area (TPSA) is 61.4 Å². The van der Waals surface area contributed by atoms with Gasteiger partial charge in [-0.25, -0.2) is 0 Å². The molecule has 0 spiro atoms. The molecule has 1 saturated heterocycles. The highest BCUT2D eigenvalue weighted by molar-refractivity contribution is 7.87. The van der Waals surface area contributed by atoms with E-state index < -0.39 is 10.2 Å². The predicted molar refractivity (Wildman–Crippen MR) is 78.4 cm³/mol. The van der Waals surface area contributed by atoms with Crippen molar-refractivity contribution >= 4 is 21.5 Å². The highest BCUT2D eigenvalue weighted by Crippen LogP contribution is 2.26. The molecule has 1 unspecified atom stereocenters. The van der Waals surface area contributed by atoms with Gasteiger partial charge in [0.2, 0.25) is 0 Å². The standard InChI is InChI=1S/C12H21N3O2S2/c1-10(2)12(11-4-3-9-18-11)14-19(16,17)15-7-5-13-6-8-15/h3-4,9-10,12-14H,5-8H2,1-2H3. The Balaban J connectivity index is 2.12. The van der Waals surface area contributed by atoms with Crippen molar-refractivity contribution in [3.05, 3.63) is 22.4 Å². The maximum Gasteiger partial charge on any atom is 0.280 e. The quantitative estimate of drug-likeness (QED) is 0.859. The van der Waals surface area contributed by atoms with Crippen LogP contribution in [0.5, 0.6) is 0 Å². The van der Waals surface area contributed by atoms with E-state index in [9.17, 15) is 8.42 Å². The number of hydrogen-bond acceptors (Lipinski definition) is 4. The van der Waals surface area contributed by atoms with Crippen LogP contribution in [0.2, 0.25) is 0 Å². The second kappa shape index (κ2) is 6.32. The maximum absolute atomic E-state index is 12.4. The number of nitrogens with one attached hydrogen (secondary N) is 2. The molecule has 0 radical (unpaired) electrons. The summed E-state index contributed by atoms with van der Waals surface area (Å²) >= 11 is 1.59. The minimum Gasteiger partial charge on any atom is -0.314 e. The highest BCUT2D eigenvalue weighted by atomic mass is 32.2. The lowest BCUT2D eigenvalue weighted by molar-refractivity contribution is 0.345. The van der Waals surface area contributed by atoms with Crippen LogP contribution in [0.1, 0.15) is 24.8 Å². The van der Waals surface area contributed by atoms with Gasteiger partial charge in [0.1, 0.15) is 0 Å². The Labute approximate surface area is 119 Å². The summed E-state index contributed by atoms with van der Waals surface area (Å²) in [6.07, 6.45) is 0. The van der Waals surface area contributed by atoms with Gasteiger partial charge < -0.3 is 5.32 Å². The molecule has 1 atom stereocenters. The SMILES string of the molecule is CC(C)C(NS(=O)(=O)N1CCNCC1)c1cccs1. The Morgan fingerprint density at radius 1 is 1.37 bits per heavy atom. The second-order valence-electron chi connectivity index (χ2n) is 5.01. The zero-order chi connectivity index (χ0) is 13.9. The van der Waals surface area contributed by atoms with Crippen LogP contribution in [-0.4, -0.2) is 38.9 Å². The molecule has 0 aromatic carbocycles. The molecule has 2 N–H and O–H groups in total. The Morgan fingerprint density at radius 3 is 2.58 bits per heavy atom. The molecule has 1 aliphatic heterocycles. The summed E-state index contributed by atoms with van der Waals surface area (Å²) < 4.78 is 29.1. The normalized spacial score (nSPS) is 19.7. The van der Waals surface area contributed by atoms with Crippen molar-refractivity contribution in [1.82, 2.24) is 14.3 Å². The first-order valence-corrected chi connectivity index (χ1v) is 8.84. The molecule has 0 saturated carbocycles. The molecular formula is C12H21N3O2S2. The van der Waals surface area contributed by atoms with Crippen LogP contribution in [0.25, 0.3) is 0 Å². The fourth-order valence-corrected chi connectivity index (χ4v) is 4.67. The maximum atomic E-state index is 12.4. The van der Waals surface area contributed by atoms with Gasteiger partial charge in [-0.1, -0.05) is 19.9 Å². The van der Waals surface area contributed by atoms with Gasteiger partial charge in [-0.3, -0.25) is 0 Å². The summed E-state index contributed by atoms with van der Waals surface area (Å²) in [5.41, 5.74) is 0. The summed E-state index contributed by atoms with van der Waals surface area (Å²) in [5, 5.41) is 5.13. The van der Waals surface area contributed by atoms with Crippen LogP contribution in [0.4, 0.5) is 0 Å². The average molecular weight is 303 g/mol. The molecule has 2 heterocycles. The molecule has 2 rings (SSSR count). The molecule has 0 amide bonds. The fraction of sp³-hybridized carbons (Fsp3) is 0.667. The number of thiophene rings is 1. The van der Waals surface area contributed by atoms with Crippen molar-refractivity contribution in [1.29, 1.82) is 0 Å². The van der Waals surface area contributed by atoms with Gasteiger partial charge in [0.15, 0.2) is 0 Å². The molecular weight excluding hydrogens is 282 g/mol. The predicted octanol–water partition coefficient (Wildman–Crippen LogP) is 1.18. The minimum atomic E-state index is -3.40. The van der Waals surface area contributed by atoms with E-state index in [1.807, 2.05) is 31.4 Å². The van der Waals surface area contributed by atoms with Gasteiger partial charge >= 0.3 is 0 Å². The molecule has 5 nitrogen and oxygen atoms in total. The van der Waals surface area contributed by atoms with Crippen molar-refractivity contribution in [2.75, 3.05) is 26.2 Å². The van der Waals surface area contributed by atoms with Crippen molar-refractivity contribution in [3.8, 4) is 0 Å². The van der Waals surface area contributed by atoms with Crippen molar-refractivity contribution in [2.24, 2.45) is 5.92 Å². The zero-order valence-electron chi connectivity index (χ0n) is 11.3. The molecule has 1 fully saturated rings. The van der Waals surface area contributed by atoms with Crippen LogP contribution in [-0.2, 0) is 10.2 Å². The largest absolute Gasteiger partial charge is 0.314 e. The van der Waals surface area contributed by atoms with Gasteiger partial charge in [0.25, 0.3) is 10.2 Å². The third-order valence-corrected chi connectivity index (χ3v) is 5.76. The van der Waals surface area contributed by atoms with Crippen LogP contribution in [0, 0.1) is 5.92 Å². The summed E-state index contributed by atoms with van der Waals surface area (Å²) in [6.45, 7) is 6.56. The fourth-order valence-electron chi connectivity index (χ4n) is 2.11. The van der Waals surface area contributed by atoms with E-state index in [0.29, 0.717) is 26.2 Å². The lowest BCUT2D eigenvalue weighted by atomic mass is 10.0. The smallest absolute Gasteiger partial charge is 0.280 e. The Hall–Kier alpha value is -0.470. The van der Waals surface area contributed by atoms with Gasteiger partial charge in [0, 0.05) is 31.1 Å². The van der Waals surface area contributed by atoms with Gasteiger partial charge in [-0.2, -0.15) is 17.4 Å². The summed E-state index contributed by atoms with van der Waals surface area (Å²) in [5.74, 6) is 0.219.